The number of nitrogens with one attached hydrogen (secondary N) is 2. The van der Waals surface area contributed by atoms with E-state index in [1.807, 2.05) is 78.2 Å². The van der Waals surface area contributed by atoms with Crippen molar-refractivity contribution in [3.05, 3.63) is 88.3 Å². The molecule has 158 valence electrons. The summed E-state index contributed by atoms with van der Waals surface area (Å²) < 4.78 is 12.9. The maximum atomic E-state index is 13.0. The van der Waals surface area contributed by atoms with Gasteiger partial charge in [-0.25, -0.2) is 4.98 Å². The number of imidazole rings is 1. The number of hydrogen-bond donors (Lipinski definition) is 2. The van der Waals surface area contributed by atoms with Crippen molar-refractivity contribution >= 4 is 22.4 Å². The summed E-state index contributed by atoms with van der Waals surface area (Å²) in [5.74, 6) is 2.26. The quantitative estimate of drug-likeness (QED) is 0.444. The molecule has 2 N–H and O–H groups in total. The molecule has 0 saturated carbocycles. The lowest BCUT2D eigenvalue weighted by Gasteiger charge is -2.10. The second-order valence-electron chi connectivity index (χ2n) is 7.88. The highest BCUT2D eigenvalue weighted by Crippen LogP contribution is 2.33. The van der Waals surface area contributed by atoms with Crippen LogP contribution < -0.4 is 20.3 Å². The fourth-order valence-corrected chi connectivity index (χ4v) is 4.07. The average Bonchev–Trinajstić information content (AvgIpc) is 3.41. The number of aromatic nitrogens is 3. The van der Waals surface area contributed by atoms with Crippen molar-refractivity contribution in [1.82, 2.24) is 14.4 Å². The van der Waals surface area contributed by atoms with Gasteiger partial charge in [-0.3, -0.25) is 9.20 Å². The molecule has 1 aliphatic heterocycles. The zero-order valence-electron chi connectivity index (χ0n) is 17.4. The van der Waals surface area contributed by atoms with E-state index in [1.165, 1.54) is 0 Å². The Bertz CT molecular complexity index is 1550. The van der Waals surface area contributed by atoms with Crippen molar-refractivity contribution in [2.45, 2.75) is 13.5 Å². The van der Waals surface area contributed by atoms with Gasteiger partial charge in [0.2, 0.25) is 6.79 Å². The highest BCUT2D eigenvalue weighted by Gasteiger charge is 2.18. The number of ether oxygens (including phenoxy) is 2. The van der Waals surface area contributed by atoms with Gasteiger partial charge in [-0.05, 0) is 53.8 Å². The molecule has 0 radical (unpaired) electrons. The number of H-pyrrole nitrogens is 1. The smallest absolute Gasteiger partial charge is 0.258 e. The Labute approximate surface area is 183 Å². The summed E-state index contributed by atoms with van der Waals surface area (Å²) in [6.07, 6.45) is 2.02. The van der Waals surface area contributed by atoms with E-state index >= 15 is 0 Å². The molecule has 5 aromatic rings. The molecule has 0 amide bonds. The van der Waals surface area contributed by atoms with Crippen LogP contribution in [0.1, 0.15) is 11.1 Å². The third-order valence-corrected chi connectivity index (χ3v) is 5.67. The molecule has 1 aliphatic rings. The van der Waals surface area contributed by atoms with Crippen molar-refractivity contribution in [3.8, 4) is 22.8 Å². The molecule has 0 fully saturated rings. The molecule has 6 rings (SSSR count). The van der Waals surface area contributed by atoms with Crippen molar-refractivity contribution in [2.75, 3.05) is 12.1 Å². The normalized spacial score (nSPS) is 12.5. The van der Waals surface area contributed by atoms with Crippen LogP contribution in [0.2, 0.25) is 0 Å². The number of rotatable bonds is 4. The zero-order chi connectivity index (χ0) is 21.7. The lowest BCUT2D eigenvalue weighted by atomic mass is 10.1. The molecule has 3 aromatic heterocycles. The largest absolute Gasteiger partial charge is 0.454 e. The molecular formula is C25H20N4O3. The minimum absolute atomic E-state index is 0.171. The standard InChI is InChI=1S/C25H20N4O3/c1-15-6-9-22-28-23(18-11-17-4-2-3-5-19(17)27-25(18)30)24(29(22)13-15)26-12-16-7-8-20-21(10-16)32-14-31-20/h2-11,13,26H,12,14H2,1H3,(H,27,30). The van der Waals surface area contributed by atoms with Crippen LogP contribution in [0.5, 0.6) is 11.5 Å². The molecule has 0 aliphatic carbocycles. The SMILES string of the molecule is Cc1ccc2nc(-c3cc4ccccc4[nH]c3=O)c(NCc3ccc4c(c3)OCO4)n2c1. The van der Waals surface area contributed by atoms with Crippen LogP contribution in [0, 0.1) is 6.92 Å². The van der Waals surface area contributed by atoms with Crippen LogP contribution >= 0.6 is 0 Å². The maximum Gasteiger partial charge on any atom is 0.258 e. The lowest BCUT2D eigenvalue weighted by molar-refractivity contribution is 0.174. The fourth-order valence-electron chi connectivity index (χ4n) is 4.07. The molecule has 0 unspecified atom stereocenters. The first-order chi connectivity index (χ1) is 15.7. The van der Waals surface area contributed by atoms with Gasteiger partial charge >= 0.3 is 0 Å². The predicted octanol–water partition coefficient (Wildman–Crippen LogP) is 4.49. The first-order valence-corrected chi connectivity index (χ1v) is 10.4. The van der Waals surface area contributed by atoms with Crippen LogP contribution in [-0.4, -0.2) is 21.2 Å². The van der Waals surface area contributed by atoms with Gasteiger partial charge in [-0.1, -0.05) is 30.3 Å². The third kappa shape index (κ3) is 3.06. The fraction of sp³-hybridized carbons (Fsp3) is 0.120. The molecule has 0 saturated heterocycles. The Kier molecular flexibility index (Phi) is 4.14. The van der Waals surface area contributed by atoms with Crippen LogP contribution in [0.4, 0.5) is 5.82 Å². The highest BCUT2D eigenvalue weighted by molar-refractivity contribution is 5.86. The van der Waals surface area contributed by atoms with E-state index in [0.717, 1.165) is 45.0 Å². The number of nitrogens with zero attached hydrogens (tertiary/aromatic N) is 2. The Balaban J connectivity index is 1.47. The minimum Gasteiger partial charge on any atom is -0.454 e. The number of aryl methyl sites for hydroxylation is 1. The second kappa shape index (κ2) is 7.16. The summed E-state index contributed by atoms with van der Waals surface area (Å²) in [5, 5.41) is 4.45. The number of anilines is 1. The monoisotopic (exact) mass is 424 g/mol. The Morgan fingerprint density at radius 2 is 1.94 bits per heavy atom. The predicted molar refractivity (Wildman–Crippen MR) is 123 cm³/mol. The summed E-state index contributed by atoms with van der Waals surface area (Å²) in [6, 6.07) is 19.5. The van der Waals surface area contributed by atoms with E-state index in [0.29, 0.717) is 17.8 Å². The van der Waals surface area contributed by atoms with E-state index < -0.39 is 0 Å². The van der Waals surface area contributed by atoms with Crippen molar-refractivity contribution in [2.24, 2.45) is 0 Å². The summed E-state index contributed by atoms with van der Waals surface area (Å²) >= 11 is 0. The van der Waals surface area contributed by atoms with Crippen LogP contribution in [0.3, 0.4) is 0 Å². The Hall–Kier alpha value is -4.26. The minimum atomic E-state index is -0.171. The highest BCUT2D eigenvalue weighted by atomic mass is 16.7. The molecule has 0 atom stereocenters. The van der Waals surface area contributed by atoms with Crippen molar-refractivity contribution < 1.29 is 9.47 Å². The van der Waals surface area contributed by atoms with Gasteiger partial charge in [0.25, 0.3) is 5.56 Å². The number of aromatic amines is 1. The van der Waals surface area contributed by atoms with E-state index in [2.05, 4.69) is 10.3 Å². The van der Waals surface area contributed by atoms with E-state index in [4.69, 9.17) is 14.5 Å². The number of benzene rings is 2. The van der Waals surface area contributed by atoms with Crippen molar-refractivity contribution in [1.29, 1.82) is 0 Å². The summed E-state index contributed by atoms with van der Waals surface area (Å²) in [5.41, 5.74) is 4.67. The molecule has 0 spiro atoms. The van der Waals surface area contributed by atoms with Gasteiger partial charge in [0, 0.05) is 18.3 Å². The van der Waals surface area contributed by atoms with Gasteiger partial charge in [-0.2, -0.15) is 0 Å². The van der Waals surface area contributed by atoms with Gasteiger partial charge in [0.05, 0.1) is 5.56 Å². The summed E-state index contributed by atoms with van der Waals surface area (Å²) in [6.45, 7) is 2.81. The molecule has 7 nitrogen and oxygen atoms in total. The molecule has 0 bridgehead atoms. The lowest BCUT2D eigenvalue weighted by Crippen LogP contribution is -2.11. The molecule has 7 heteroatoms. The van der Waals surface area contributed by atoms with Gasteiger partial charge < -0.3 is 19.8 Å². The number of pyridine rings is 2. The van der Waals surface area contributed by atoms with Gasteiger partial charge in [-0.15, -0.1) is 0 Å². The number of hydrogen-bond acceptors (Lipinski definition) is 5. The van der Waals surface area contributed by atoms with E-state index in [1.54, 1.807) is 0 Å². The molecule has 32 heavy (non-hydrogen) atoms. The average molecular weight is 424 g/mol. The van der Waals surface area contributed by atoms with Crippen molar-refractivity contribution in [3.63, 3.8) is 0 Å². The molecule has 4 heterocycles. The zero-order valence-corrected chi connectivity index (χ0v) is 17.4. The van der Waals surface area contributed by atoms with E-state index in [-0.39, 0.29) is 12.4 Å². The first kappa shape index (κ1) is 18.5. The summed E-state index contributed by atoms with van der Waals surface area (Å²) in [4.78, 5) is 20.7. The second-order valence-corrected chi connectivity index (χ2v) is 7.88. The third-order valence-electron chi connectivity index (χ3n) is 5.67. The van der Waals surface area contributed by atoms with Crippen LogP contribution in [0.15, 0.2) is 71.7 Å². The summed E-state index contributed by atoms with van der Waals surface area (Å²) in [7, 11) is 0. The van der Waals surface area contributed by atoms with Crippen LogP contribution in [0.25, 0.3) is 27.8 Å². The Morgan fingerprint density at radius 1 is 1.06 bits per heavy atom. The van der Waals surface area contributed by atoms with Crippen LogP contribution in [-0.2, 0) is 6.54 Å². The topological polar surface area (TPSA) is 80.7 Å². The van der Waals surface area contributed by atoms with E-state index in [9.17, 15) is 4.79 Å². The van der Waals surface area contributed by atoms with Gasteiger partial charge in [0.15, 0.2) is 11.5 Å². The Morgan fingerprint density at radius 3 is 2.88 bits per heavy atom. The maximum absolute atomic E-state index is 13.0. The van der Waals surface area contributed by atoms with Gasteiger partial charge in [0.1, 0.15) is 17.2 Å². The first-order valence-electron chi connectivity index (χ1n) is 10.4. The molecule has 2 aromatic carbocycles. The number of fused-ring (bicyclic) bond motifs is 3. The number of para-hydroxylation sites is 1. The molecular weight excluding hydrogens is 404 g/mol.